The normalized spacial score (nSPS) is 13.1. The van der Waals surface area contributed by atoms with Crippen LogP contribution in [-0.2, 0) is 26.2 Å². The number of benzene rings is 2. The molecule has 0 aromatic heterocycles. The number of aryl methyl sites for hydroxylation is 1. The van der Waals surface area contributed by atoms with Crippen molar-refractivity contribution in [2.45, 2.75) is 52.7 Å². The standard InChI is InChI=1S/C24H30Cl3N3O4S/c1-6-16(3)28-24(32)17(4)29(13-18-7-9-20(26)21(27)12-18)23(31)14-30(35(5,33)34)22-10-8-19(25)11-15(22)2/h7-12,16-17H,6,13-14H2,1-5H3,(H,28,32)/t16-,17+/m0/s1. The number of hydrogen-bond donors (Lipinski definition) is 1. The molecule has 2 aromatic carbocycles. The van der Waals surface area contributed by atoms with Gasteiger partial charge >= 0.3 is 0 Å². The van der Waals surface area contributed by atoms with Crippen molar-refractivity contribution >= 4 is 62.3 Å². The Kier molecular flexibility index (Phi) is 10.3. The summed E-state index contributed by atoms with van der Waals surface area (Å²) in [5.74, 6) is -0.899. The van der Waals surface area contributed by atoms with E-state index in [0.29, 0.717) is 31.9 Å². The van der Waals surface area contributed by atoms with Gasteiger partial charge in [0.05, 0.1) is 22.0 Å². The van der Waals surface area contributed by atoms with Crippen LogP contribution in [-0.4, -0.2) is 50.0 Å². The third-order valence-corrected chi connectivity index (χ3v) is 7.71. The third kappa shape index (κ3) is 8.00. The lowest BCUT2D eigenvalue weighted by Crippen LogP contribution is -2.52. The molecule has 0 aliphatic carbocycles. The Morgan fingerprint density at radius 1 is 1.03 bits per heavy atom. The predicted molar refractivity (Wildman–Crippen MR) is 143 cm³/mol. The van der Waals surface area contributed by atoms with Crippen LogP contribution in [0.1, 0.15) is 38.3 Å². The number of nitrogens with one attached hydrogen (secondary N) is 1. The zero-order valence-corrected chi connectivity index (χ0v) is 23.4. The average Bonchev–Trinajstić information content (AvgIpc) is 2.77. The summed E-state index contributed by atoms with van der Waals surface area (Å²) in [7, 11) is -3.83. The number of rotatable bonds is 10. The SMILES string of the molecule is CC[C@H](C)NC(=O)[C@@H](C)N(Cc1ccc(Cl)c(Cl)c1)C(=O)CN(c1ccc(Cl)cc1C)S(C)(=O)=O. The summed E-state index contributed by atoms with van der Waals surface area (Å²) in [4.78, 5) is 27.8. The van der Waals surface area contributed by atoms with Crippen molar-refractivity contribution in [3.05, 3.63) is 62.6 Å². The maximum absolute atomic E-state index is 13.6. The van der Waals surface area contributed by atoms with Crippen LogP contribution in [0.4, 0.5) is 5.69 Å². The lowest BCUT2D eigenvalue weighted by Gasteiger charge is -2.32. The molecule has 0 saturated heterocycles. The molecule has 0 bridgehead atoms. The molecule has 2 aromatic rings. The van der Waals surface area contributed by atoms with Crippen molar-refractivity contribution in [3.8, 4) is 0 Å². The second-order valence-corrected chi connectivity index (χ2v) is 11.6. The van der Waals surface area contributed by atoms with Gasteiger partial charge in [-0.25, -0.2) is 8.42 Å². The van der Waals surface area contributed by atoms with Gasteiger partial charge in [-0.2, -0.15) is 0 Å². The molecule has 0 unspecified atom stereocenters. The fourth-order valence-corrected chi connectivity index (χ4v) is 4.83. The molecule has 0 aliphatic heterocycles. The highest BCUT2D eigenvalue weighted by Crippen LogP contribution is 2.27. The smallest absolute Gasteiger partial charge is 0.244 e. The maximum atomic E-state index is 13.6. The first-order chi connectivity index (χ1) is 16.2. The lowest BCUT2D eigenvalue weighted by molar-refractivity contribution is -0.139. The summed E-state index contributed by atoms with van der Waals surface area (Å²) in [6, 6.07) is 8.68. The minimum absolute atomic E-state index is 0.0298. The van der Waals surface area contributed by atoms with E-state index in [4.69, 9.17) is 34.8 Å². The summed E-state index contributed by atoms with van der Waals surface area (Å²) in [5.41, 5.74) is 1.57. The molecule has 35 heavy (non-hydrogen) atoms. The highest BCUT2D eigenvalue weighted by Gasteiger charge is 2.31. The van der Waals surface area contributed by atoms with Crippen molar-refractivity contribution in [2.75, 3.05) is 17.1 Å². The fourth-order valence-electron chi connectivity index (χ4n) is 3.38. The van der Waals surface area contributed by atoms with Gasteiger partial charge in [0.15, 0.2) is 0 Å². The number of sulfonamides is 1. The van der Waals surface area contributed by atoms with E-state index in [1.165, 1.54) is 4.90 Å². The number of carbonyl (C=O) groups excluding carboxylic acids is 2. The van der Waals surface area contributed by atoms with Crippen LogP contribution >= 0.6 is 34.8 Å². The predicted octanol–water partition coefficient (Wildman–Crippen LogP) is 5.05. The van der Waals surface area contributed by atoms with Crippen LogP contribution in [0.15, 0.2) is 36.4 Å². The van der Waals surface area contributed by atoms with Crippen LogP contribution in [0, 0.1) is 6.92 Å². The molecular formula is C24H30Cl3N3O4S. The first kappa shape index (κ1) is 29.2. The molecule has 0 radical (unpaired) electrons. The van der Waals surface area contributed by atoms with Crippen molar-refractivity contribution < 1.29 is 18.0 Å². The Labute approximate surface area is 222 Å². The lowest BCUT2D eigenvalue weighted by atomic mass is 10.1. The van der Waals surface area contributed by atoms with Crippen molar-refractivity contribution in [2.24, 2.45) is 0 Å². The van der Waals surface area contributed by atoms with Crippen LogP contribution in [0.2, 0.25) is 15.1 Å². The Hall–Kier alpha value is -2.00. The van der Waals surface area contributed by atoms with Crippen LogP contribution in [0.3, 0.4) is 0 Å². The number of anilines is 1. The Morgan fingerprint density at radius 3 is 2.23 bits per heavy atom. The quantitative estimate of drug-likeness (QED) is 0.439. The van der Waals surface area contributed by atoms with E-state index in [0.717, 1.165) is 17.0 Å². The third-order valence-electron chi connectivity index (χ3n) is 5.61. The minimum Gasteiger partial charge on any atom is -0.352 e. The van der Waals surface area contributed by atoms with E-state index in [2.05, 4.69) is 5.32 Å². The fraction of sp³-hybridized carbons (Fsp3) is 0.417. The highest BCUT2D eigenvalue weighted by atomic mass is 35.5. The van der Waals surface area contributed by atoms with Crippen LogP contribution in [0.25, 0.3) is 0 Å². The molecule has 0 heterocycles. The van der Waals surface area contributed by atoms with Gasteiger partial charge in [0.2, 0.25) is 21.8 Å². The second kappa shape index (κ2) is 12.3. The topological polar surface area (TPSA) is 86.8 Å². The van der Waals surface area contributed by atoms with E-state index < -0.39 is 28.5 Å². The second-order valence-electron chi connectivity index (χ2n) is 8.46. The zero-order chi connectivity index (χ0) is 26.5. The summed E-state index contributed by atoms with van der Waals surface area (Å²) in [6.45, 7) is 6.65. The van der Waals surface area contributed by atoms with Gasteiger partial charge in [-0.1, -0.05) is 47.8 Å². The monoisotopic (exact) mass is 561 g/mol. The van der Waals surface area contributed by atoms with Crippen LogP contribution in [0.5, 0.6) is 0 Å². The number of carbonyl (C=O) groups is 2. The van der Waals surface area contributed by atoms with E-state index in [9.17, 15) is 18.0 Å². The van der Waals surface area contributed by atoms with E-state index in [-0.39, 0.29) is 18.5 Å². The molecule has 1 N–H and O–H groups in total. The molecule has 0 aliphatic rings. The molecule has 0 fully saturated rings. The Bertz CT molecular complexity index is 1190. The highest BCUT2D eigenvalue weighted by molar-refractivity contribution is 7.92. The van der Waals surface area contributed by atoms with E-state index in [1.807, 2.05) is 13.8 Å². The number of nitrogens with zero attached hydrogens (tertiary/aromatic N) is 2. The molecule has 2 atom stereocenters. The Morgan fingerprint density at radius 2 is 1.69 bits per heavy atom. The largest absolute Gasteiger partial charge is 0.352 e. The molecule has 11 heteroatoms. The first-order valence-electron chi connectivity index (χ1n) is 11.0. The van der Waals surface area contributed by atoms with Gasteiger partial charge < -0.3 is 10.2 Å². The zero-order valence-electron chi connectivity index (χ0n) is 20.3. The maximum Gasteiger partial charge on any atom is 0.244 e. The van der Waals surface area contributed by atoms with Gasteiger partial charge in [0.1, 0.15) is 12.6 Å². The average molecular weight is 563 g/mol. The number of hydrogen-bond acceptors (Lipinski definition) is 4. The number of halogens is 3. The molecule has 0 spiro atoms. The molecular weight excluding hydrogens is 533 g/mol. The van der Waals surface area contributed by atoms with E-state index in [1.54, 1.807) is 50.2 Å². The summed E-state index contributed by atoms with van der Waals surface area (Å²) in [5, 5.41) is 3.99. The number of amides is 2. The minimum atomic E-state index is -3.83. The molecule has 2 amide bonds. The first-order valence-corrected chi connectivity index (χ1v) is 14.0. The Balaban J connectivity index is 2.44. The van der Waals surface area contributed by atoms with E-state index >= 15 is 0 Å². The van der Waals surface area contributed by atoms with Crippen molar-refractivity contribution in [3.63, 3.8) is 0 Å². The van der Waals surface area contributed by atoms with Gasteiger partial charge in [0.25, 0.3) is 0 Å². The van der Waals surface area contributed by atoms with Crippen molar-refractivity contribution in [1.29, 1.82) is 0 Å². The van der Waals surface area contributed by atoms with Gasteiger partial charge in [0, 0.05) is 17.6 Å². The van der Waals surface area contributed by atoms with Gasteiger partial charge in [-0.15, -0.1) is 0 Å². The molecule has 7 nitrogen and oxygen atoms in total. The van der Waals surface area contributed by atoms with Crippen molar-refractivity contribution in [1.82, 2.24) is 10.2 Å². The molecule has 2 rings (SSSR count). The summed E-state index contributed by atoms with van der Waals surface area (Å²) in [6.07, 6.45) is 1.74. The van der Waals surface area contributed by atoms with Crippen LogP contribution < -0.4 is 9.62 Å². The summed E-state index contributed by atoms with van der Waals surface area (Å²) < 4.78 is 26.3. The van der Waals surface area contributed by atoms with Gasteiger partial charge in [-0.05, 0) is 68.7 Å². The molecule has 0 saturated carbocycles. The molecule has 192 valence electrons. The summed E-state index contributed by atoms with van der Waals surface area (Å²) >= 11 is 18.2. The van der Waals surface area contributed by atoms with Gasteiger partial charge in [-0.3, -0.25) is 13.9 Å².